The molecule has 0 unspecified atom stereocenters. The van der Waals surface area contributed by atoms with Gasteiger partial charge in [0.05, 0.1) is 12.2 Å². The van der Waals surface area contributed by atoms with E-state index in [1.165, 1.54) is 32.1 Å². The number of carbonyl (C=O) groups excluding carboxylic acids is 2. The number of carbonyl (C=O) groups is 2. The molecule has 3 rings (SSSR count). The van der Waals surface area contributed by atoms with Crippen LogP contribution in [0.3, 0.4) is 0 Å². The molecule has 0 bridgehead atoms. The van der Waals surface area contributed by atoms with E-state index < -0.39 is 0 Å². The van der Waals surface area contributed by atoms with Crippen molar-refractivity contribution in [2.24, 2.45) is 0 Å². The summed E-state index contributed by atoms with van der Waals surface area (Å²) in [6, 6.07) is 7.56. The highest BCUT2D eigenvalue weighted by Gasteiger charge is 2.27. The molecular formula is C22H33N3O3. The molecule has 1 heterocycles. The lowest BCUT2D eigenvalue weighted by molar-refractivity contribution is 0.0500. The summed E-state index contributed by atoms with van der Waals surface area (Å²) in [4.78, 5) is 28.9. The summed E-state index contributed by atoms with van der Waals surface area (Å²) in [5, 5.41) is 2.94. The van der Waals surface area contributed by atoms with Crippen molar-refractivity contribution in [2.75, 3.05) is 38.1 Å². The van der Waals surface area contributed by atoms with Gasteiger partial charge >= 0.3 is 12.0 Å². The molecule has 1 aromatic carbocycles. The van der Waals surface area contributed by atoms with Crippen LogP contribution in [-0.2, 0) is 4.74 Å². The number of hydrogen-bond donors (Lipinski definition) is 1. The molecule has 1 aliphatic heterocycles. The number of hydrogen-bond acceptors (Lipinski definition) is 4. The van der Waals surface area contributed by atoms with Gasteiger partial charge in [-0.2, -0.15) is 0 Å². The number of esters is 1. The minimum absolute atomic E-state index is 0.0680. The van der Waals surface area contributed by atoms with E-state index in [0.717, 1.165) is 39.0 Å². The van der Waals surface area contributed by atoms with E-state index in [4.69, 9.17) is 4.74 Å². The molecular weight excluding hydrogens is 354 g/mol. The molecule has 2 amide bonds. The van der Waals surface area contributed by atoms with Gasteiger partial charge in [0.1, 0.15) is 0 Å². The molecule has 1 saturated heterocycles. The highest BCUT2D eigenvalue weighted by molar-refractivity contribution is 5.92. The van der Waals surface area contributed by atoms with E-state index in [1.807, 2.05) is 4.90 Å². The third-order valence-electron chi connectivity index (χ3n) is 5.80. The summed E-state index contributed by atoms with van der Waals surface area (Å²) in [5.74, 6) is -0.315. The van der Waals surface area contributed by atoms with Crippen molar-refractivity contribution in [2.45, 2.75) is 57.9 Å². The van der Waals surface area contributed by atoms with Gasteiger partial charge in [-0.05, 0) is 43.5 Å². The number of amides is 2. The van der Waals surface area contributed by atoms with Gasteiger partial charge < -0.3 is 15.0 Å². The molecule has 2 aliphatic rings. The number of nitrogens with zero attached hydrogens (tertiary/aromatic N) is 2. The summed E-state index contributed by atoms with van der Waals surface area (Å²) < 4.78 is 5.21. The highest BCUT2D eigenvalue weighted by Crippen LogP contribution is 2.23. The lowest BCUT2D eigenvalue weighted by atomic mass is 9.94. The molecule has 1 saturated carbocycles. The fourth-order valence-electron chi connectivity index (χ4n) is 4.02. The Balaban J connectivity index is 1.44. The van der Waals surface area contributed by atoms with E-state index in [2.05, 4.69) is 17.1 Å². The van der Waals surface area contributed by atoms with Crippen LogP contribution in [0.1, 0.15) is 62.2 Å². The molecule has 0 aromatic heterocycles. The summed E-state index contributed by atoms with van der Waals surface area (Å²) >= 11 is 0. The Morgan fingerprint density at radius 3 is 2.36 bits per heavy atom. The minimum atomic E-state index is -0.315. The van der Waals surface area contributed by atoms with E-state index >= 15 is 0 Å². The molecule has 1 aliphatic carbocycles. The Kier molecular flexibility index (Phi) is 7.71. The molecule has 6 heteroatoms. The van der Waals surface area contributed by atoms with Crippen molar-refractivity contribution < 1.29 is 14.3 Å². The zero-order valence-electron chi connectivity index (χ0n) is 17.0. The predicted octanol–water partition coefficient (Wildman–Crippen LogP) is 4.13. The number of nitrogens with one attached hydrogen (secondary N) is 1. The number of benzene rings is 1. The first kappa shape index (κ1) is 20.6. The molecule has 0 spiro atoms. The van der Waals surface area contributed by atoms with Gasteiger partial charge in [-0.25, -0.2) is 9.59 Å². The van der Waals surface area contributed by atoms with Crippen LogP contribution >= 0.6 is 0 Å². The van der Waals surface area contributed by atoms with Crippen LogP contribution in [-0.4, -0.2) is 60.6 Å². The summed E-state index contributed by atoms with van der Waals surface area (Å²) in [6.07, 6.45) is 8.52. The molecule has 154 valence electrons. The van der Waals surface area contributed by atoms with Crippen LogP contribution in [0.25, 0.3) is 0 Å². The zero-order valence-corrected chi connectivity index (χ0v) is 17.0. The fourth-order valence-corrected chi connectivity index (χ4v) is 4.02. The van der Waals surface area contributed by atoms with Crippen molar-refractivity contribution in [3.63, 3.8) is 0 Å². The number of rotatable bonds is 6. The second-order valence-corrected chi connectivity index (χ2v) is 7.81. The molecule has 1 N–H and O–H groups in total. The summed E-state index contributed by atoms with van der Waals surface area (Å²) in [6.45, 7) is 5.96. The van der Waals surface area contributed by atoms with Crippen LogP contribution in [0.2, 0.25) is 0 Å². The number of anilines is 1. The Bertz CT molecular complexity index is 633. The fraction of sp³-hybridized carbons (Fsp3) is 0.636. The lowest BCUT2D eigenvalue weighted by Gasteiger charge is -2.40. The first-order chi connectivity index (χ1) is 13.7. The lowest BCUT2D eigenvalue weighted by Crippen LogP contribution is -2.53. The SMILES string of the molecule is CCCCOC(=O)c1ccc(NC(=O)N2CCN(C3CCCCC3)CC2)cc1. The monoisotopic (exact) mass is 387 g/mol. The zero-order chi connectivity index (χ0) is 19.8. The third-order valence-corrected chi connectivity index (χ3v) is 5.80. The van der Waals surface area contributed by atoms with Gasteiger partial charge in [-0.15, -0.1) is 0 Å². The second-order valence-electron chi connectivity index (χ2n) is 7.81. The topological polar surface area (TPSA) is 61.9 Å². The average Bonchev–Trinajstić information content (AvgIpc) is 2.75. The molecule has 1 aromatic rings. The number of unbranched alkanes of at least 4 members (excludes halogenated alkanes) is 1. The van der Waals surface area contributed by atoms with Crippen molar-refractivity contribution >= 4 is 17.7 Å². The van der Waals surface area contributed by atoms with Crippen LogP contribution in [0.15, 0.2) is 24.3 Å². The Morgan fingerprint density at radius 1 is 1.04 bits per heavy atom. The van der Waals surface area contributed by atoms with Crippen LogP contribution in [0.5, 0.6) is 0 Å². The normalized spacial score (nSPS) is 18.7. The Labute approximate surface area is 168 Å². The highest BCUT2D eigenvalue weighted by atomic mass is 16.5. The van der Waals surface area contributed by atoms with Gasteiger partial charge in [0.2, 0.25) is 0 Å². The number of piperazine rings is 1. The van der Waals surface area contributed by atoms with Gasteiger partial charge in [0, 0.05) is 37.9 Å². The smallest absolute Gasteiger partial charge is 0.338 e. The quantitative estimate of drug-likeness (QED) is 0.589. The van der Waals surface area contributed by atoms with Crippen LogP contribution in [0, 0.1) is 0 Å². The number of urea groups is 1. The first-order valence-corrected chi connectivity index (χ1v) is 10.7. The van der Waals surface area contributed by atoms with E-state index in [9.17, 15) is 9.59 Å². The van der Waals surface area contributed by atoms with Gasteiger partial charge in [-0.1, -0.05) is 32.6 Å². The van der Waals surface area contributed by atoms with Crippen LogP contribution in [0.4, 0.5) is 10.5 Å². The van der Waals surface area contributed by atoms with Crippen molar-refractivity contribution in [3.05, 3.63) is 29.8 Å². The maximum atomic E-state index is 12.5. The first-order valence-electron chi connectivity index (χ1n) is 10.7. The second kappa shape index (κ2) is 10.5. The van der Waals surface area contributed by atoms with E-state index in [1.54, 1.807) is 24.3 Å². The largest absolute Gasteiger partial charge is 0.462 e. The third kappa shape index (κ3) is 5.71. The molecule has 6 nitrogen and oxygen atoms in total. The van der Waals surface area contributed by atoms with E-state index in [-0.39, 0.29) is 12.0 Å². The molecule has 0 atom stereocenters. The molecule has 0 radical (unpaired) electrons. The maximum absolute atomic E-state index is 12.5. The standard InChI is InChI=1S/C22H33N3O3/c1-2-3-17-28-21(26)18-9-11-19(12-10-18)23-22(27)25-15-13-24(14-16-25)20-7-5-4-6-8-20/h9-12,20H,2-8,13-17H2,1H3,(H,23,27). The summed E-state index contributed by atoms with van der Waals surface area (Å²) in [5.41, 5.74) is 1.21. The Morgan fingerprint density at radius 2 is 1.71 bits per heavy atom. The van der Waals surface area contributed by atoms with Crippen molar-refractivity contribution in [1.29, 1.82) is 0 Å². The predicted molar refractivity (Wildman–Crippen MR) is 111 cm³/mol. The molecule has 2 fully saturated rings. The van der Waals surface area contributed by atoms with E-state index in [0.29, 0.717) is 23.9 Å². The average molecular weight is 388 g/mol. The Hall–Kier alpha value is -2.08. The number of ether oxygens (including phenoxy) is 1. The van der Waals surface area contributed by atoms with Gasteiger partial charge in [-0.3, -0.25) is 4.90 Å². The van der Waals surface area contributed by atoms with Gasteiger partial charge in [0.15, 0.2) is 0 Å². The minimum Gasteiger partial charge on any atom is -0.462 e. The maximum Gasteiger partial charge on any atom is 0.338 e. The summed E-state index contributed by atoms with van der Waals surface area (Å²) in [7, 11) is 0. The van der Waals surface area contributed by atoms with Crippen LogP contribution < -0.4 is 5.32 Å². The van der Waals surface area contributed by atoms with Crippen molar-refractivity contribution in [3.8, 4) is 0 Å². The van der Waals surface area contributed by atoms with Crippen molar-refractivity contribution in [1.82, 2.24) is 9.80 Å². The van der Waals surface area contributed by atoms with Gasteiger partial charge in [0.25, 0.3) is 0 Å². The molecule has 28 heavy (non-hydrogen) atoms.